The highest BCUT2D eigenvalue weighted by Crippen LogP contribution is 2.27. The van der Waals surface area contributed by atoms with Gasteiger partial charge >= 0.3 is 0 Å². The van der Waals surface area contributed by atoms with Crippen molar-refractivity contribution in [2.45, 2.75) is 20.8 Å². The van der Waals surface area contributed by atoms with Crippen LogP contribution in [0.25, 0.3) is 11.0 Å². The van der Waals surface area contributed by atoms with Crippen LogP contribution in [0, 0.1) is 18.3 Å². The summed E-state index contributed by atoms with van der Waals surface area (Å²) in [6, 6.07) is 2.07. The normalized spacial score (nSPS) is 9.44. The number of nitrogens with zero attached hydrogens (tertiary/aromatic N) is 3. The number of hydrogen-bond acceptors (Lipinski definition) is 3. The standard InChI is InChI=1S/C10H9N3O.C2H6/c1-6-7(3-11)4-12-9-8(14)5-13(2)10(6)9;1-2/h4-5,14H,1-2H3;1-2H3. The summed E-state index contributed by atoms with van der Waals surface area (Å²) in [7, 11) is 1.82. The van der Waals surface area contributed by atoms with Crippen LogP contribution in [-0.2, 0) is 7.05 Å². The molecule has 0 fully saturated rings. The van der Waals surface area contributed by atoms with Crippen molar-refractivity contribution in [2.75, 3.05) is 0 Å². The molecule has 0 aromatic carbocycles. The first-order chi connectivity index (χ1) is 7.65. The number of hydrogen-bond donors (Lipinski definition) is 1. The van der Waals surface area contributed by atoms with E-state index in [0.29, 0.717) is 11.1 Å². The van der Waals surface area contributed by atoms with Crippen molar-refractivity contribution in [2.24, 2.45) is 7.05 Å². The maximum Gasteiger partial charge on any atom is 0.159 e. The molecule has 0 aliphatic heterocycles. The molecule has 0 aliphatic rings. The lowest BCUT2D eigenvalue weighted by Crippen LogP contribution is -1.92. The molecule has 0 radical (unpaired) electrons. The van der Waals surface area contributed by atoms with Gasteiger partial charge in [0, 0.05) is 19.4 Å². The molecule has 16 heavy (non-hydrogen) atoms. The first-order valence-corrected chi connectivity index (χ1v) is 5.19. The van der Waals surface area contributed by atoms with Crippen LogP contribution in [0.5, 0.6) is 5.75 Å². The van der Waals surface area contributed by atoms with E-state index in [9.17, 15) is 5.11 Å². The van der Waals surface area contributed by atoms with E-state index in [4.69, 9.17) is 5.26 Å². The van der Waals surface area contributed by atoms with Gasteiger partial charge in [0.1, 0.15) is 11.6 Å². The number of aryl methyl sites for hydroxylation is 2. The highest BCUT2D eigenvalue weighted by molar-refractivity contribution is 5.86. The van der Waals surface area contributed by atoms with Crippen molar-refractivity contribution in [1.82, 2.24) is 9.55 Å². The molecular formula is C12H15N3O. The average molecular weight is 217 g/mol. The molecule has 4 nitrogen and oxygen atoms in total. The summed E-state index contributed by atoms with van der Waals surface area (Å²) >= 11 is 0. The number of aromatic nitrogens is 2. The molecule has 2 aromatic rings. The molecule has 84 valence electrons. The molecule has 0 bridgehead atoms. The second kappa shape index (κ2) is 4.67. The van der Waals surface area contributed by atoms with Crippen LogP contribution < -0.4 is 0 Å². The predicted octanol–water partition coefficient (Wildman–Crippen LogP) is 2.49. The van der Waals surface area contributed by atoms with Gasteiger partial charge < -0.3 is 9.67 Å². The third kappa shape index (κ3) is 1.72. The molecule has 0 amide bonds. The quantitative estimate of drug-likeness (QED) is 0.737. The van der Waals surface area contributed by atoms with Crippen molar-refractivity contribution < 1.29 is 5.11 Å². The van der Waals surface area contributed by atoms with Crippen LogP contribution in [-0.4, -0.2) is 14.7 Å². The van der Waals surface area contributed by atoms with Crippen LogP contribution in [0.3, 0.4) is 0 Å². The van der Waals surface area contributed by atoms with Gasteiger partial charge in [-0.25, -0.2) is 4.98 Å². The van der Waals surface area contributed by atoms with Crippen LogP contribution >= 0.6 is 0 Å². The highest BCUT2D eigenvalue weighted by atomic mass is 16.3. The predicted molar refractivity (Wildman–Crippen MR) is 63.2 cm³/mol. The first-order valence-electron chi connectivity index (χ1n) is 5.19. The van der Waals surface area contributed by atoms with Crippen molar-refractivity contribution in [3.63, 3.8) is 0 Å². The lowest BCUT2D eigenvalue weighted by molar-refractivity contribution is 0.478. The molecule has 0 saturated carbocycles. The van der Waals surface area contributed by atoms with E-state index in [1.165, 1.54) is 6.20 Å². The average Bonchev–Trinajstić information content (AvgIpc) is 2.58. The third-order valence-corrected chi connectivity index (χ3v) is 2.34. The minimum atomic E-state index is 0.148. The van der Waals surface area contributed by atoms with Gasteiger partial charge in [-0.1, -0.05) is 13.8 Å². The lowest BCUT2D eigenvalue weighted by atomic mass is 10.1. The molecule has 4 heteroatoms. The monoisotopic (exact) mass is 217 g/mol. The summed E-state index contributed by atoms with van der Waals surface area (Å²) in [5.41, 5.74) is 2.74. The maximum atomic E-state index is 9.51. The molecule has 2 aromatic heterocycles. The summed E-state index contributed by atoms with van der Waals surface area (Å²) < 4.78 is 1.77. The van der Waals surface area contributed by atoms with E-state index in [2.05, 4.69) is 11.1 Å². The second-order valence-corrected chi connectivity index (χ2v) is 3.23. The smallest absolute Gasteiger partial charge is 0.159 e. The topological polar surface area (TPSA) is 61.8 Å². The van der Waals surface area contributed by atoms with E-state index >= 15 is 0 Å². The van der Waals surface area contributed by atoms with E-state index in [1.807, 2.05) is 27.8 Å². The zero-order valence-corrected chi connectivity index (χ0v) is 9.94. The number of rotatable bonds is 0. The highest BCUT2D eigenvalue weighted by Gasteiger charge is 2.11. The van der Waals surface area contributed by atoms with Gasteiger partial charge in [0.15, 0.2) is 5.75 Å². The van der Waals surface area contributed by atoms with Gasteiger partial charge in [0.05, 0.1) is 11.1 Å². The van der Waals surface area contributed by atoms with Gasteiger partial charge in [-0.05, 0) is 12.5 Å². The summed E-state index contributed by atoms with van der Waals surface area (Å²) in [4.78, 5) is 4.04. The molecule has 2 rings (SSSR count). The van der Waals surface area contributed by atoms with Crippen LogP contribution in [0.2, 0.25) is 0 Å². The Balaban J connectivity index is 0.000000606. The van der Waals surface area contributed by atoms with Gasteiger partial charge in [-0.15, -0.1) is 0 Å². The molecule has 1 N–H and O–H groups in total. The zero-order chi connectivity index (χ0) is 12.3. The van der Waals surface area contributed by atoms with Crippen molar-refractivity contribution in [1.29, 1.82) is 5.26 Å². The van der Waals surface area contributed by atoms with Crippen molar-refractivity contribution in [3.05, 3.63) is 23.5 Å². The SMILES string of the molecule is CC.Cc1c(C#N)cnc2c(O)cn(C)c12. The largest absolute Gasteiger partial charge is 0.504 e. The Morgan fingerprint density at radius 3 is 2.62 bits per heavy atom. The summed E-state index contributed by atoms with van der Waals surface area (Å²) in [5.74, 6) is 0.148. The zero-order valence-electron chi connectivity index (χ0n) is 9.94. The number of nitriles is 1. The van der Waals surface area contributed by atoms with Crippen molar-refractivity contribution in [3.8, 4) is 11.8 Å². The molecule has 0 saturated heterocycles. The Morgan fingerprint density at radius 2 is 2.06 bits per heavy atom. The fourth-order valence-electron chi connectivity index (χ4n) is 1.63. The fourth-order valence-corrected chi connectivity index (χ4v) is 1.63. The number of pyridine rings is 1. The molecule has 0 atom stereocenters. The molecule has 2 heterocycles. The van der Waals surface area contributed by atoms with E-state index in [-0.39, 0.29) is 5.75 Å². The Morgan fingerprint density at radius 1 is 1.44 bits per heavy atom. The Kier molecular flexibility index (Phi) is 3.51. The number of fused-ring (bicyclic) bond motifs is 1. The van der Waals surface area contributed by atoms with Gasteiger partial charge in [-0.2, -0.15) is 5.26 Å². The Hall–Kier alpha value is -2.02. The fraction of sp³-hybridized carbons (Fsp3) is 0.333. The number of aromatic hydroxyl groups is 1. The maximum absolute atomic E-state index is 9.51. The molecule has 0 unspecified atom stereocenters. The van der Waals surface area contributed by atoms with Gasteiger partial charge in [-0.3, -0.25) is 0 Å². The summed E-state index contributed by atoms with van der Waals surface area (Å²) in [5, 5.41) is 18.3. The lowest BCUT2D eigenvalue weighted by Gasteiger charge is -2.01. The summed E-state index contributed by atoms with van der Waals surface area (Å²) in [6.07, 6.45) is 3.07. The minimum absolute atomic E-state index is 0.148. The van der Waals surface area contributed by atoms with Crippen LogP contribution in [0.1, 0.15) is 25.0 Å². The third-order valence-electron chi connectivity index (χ3n) is 2.34. The second-order valence-electron chi connectivity index (χ2n) is 3.23. The molecular weight excluding hydrogens is 202 g/mol. The van der Waals surface area contributed by atoms with Crippen LogP contribution in [0.4, 0.5) is 0 Å². The van der Waals surface area contributed by atoms with Gasteiger partial charge in [0.25, 0.3) is 0 Å². The summed E-state index contributed by atoms with van der Waals surface area (Å²) in [6.45, 7) is 5.85. The molecule has 0 aliphatic carbocycles. The van der Waals surface area contributed by atoms with E-state index in [0.717, 1.165) is 11.1 Å². The van der Waals surface area contributed by atoms with Crippen LogP contribution in [0.15, 0.2) is 12.4 Å². The molecule has 0 spiro atoms. The van der Waals surface area contributed by atoms with E-state index in [1.54, 1.807) is 10.8 Å². The van der Waals surface area contributed by atoms with Crippen molar-refractivity contribution >= 4 is 11.0 Å². The Labute approximate surface area is 94.8 Å². The first kappa shape index (κ1) is 12.1. The minimum Gasteiger partial charge on any atom is -0.504 e. The Bertz CT molecular complexity index is 549. The van der Waals surface area contributed by atoms with Gasteiger partial charge in [0.2, 0.25) is 0 Å². The van der Waals surface area contributed by atoms with E-state index < -0.39 is 0 Å².